The highest BCUT2D eigenvalue weighted by Gasteiger charge is 2.39. The molecule has 2 aromatic rings. The summed E-state index contributed by atoms with van der Waals surface area (Å²) in [4.78, 5) is 15.9. The molecule has 0 amide bonds. The second-order valence-electron chi connectivity index (χ2n) is 12.0. The summed E-state index contributed by atoms with van der Waals surface area (Å²) in [5, 5.41) is 4.26. The van der Waals surface area contributed by atoms with Gasteiger partial charge in [-0.25, -0.2) is 0 Å². The summed E-state index contributed by atoms with van der Waals surface area (Å²) < 4.78 is 0. The first kappa shape index (κ1) is 29.9. The maximum absolute atomic E-state index is 13.5. The maximum atomic E-state index is 13.5. The summed E-state index contributed by atoms with van der Waals surface area (Å²) in [7, 11) is 0. The molecule has 0 saturated heterocycles. The Labute approximate surface area is 246 Å². The molecule has 0 aromatic heterocycles. The largest absolute Gasteiger partial charge is 0.385 e. The molecular formula is C36H45ClN2O. The number of nitrogens with zero attached hydrogens (tertiary/aromatic N) is 1. The molecule has 0 saturated carbocycles. The van der Waals surface area contributed by atoms with Gasteiger partial charge in [-0.3, -0.25) is 4.79 Å². The van der Waals surface area contributed by atoms with Gasteiger partial charge in [-0.2, -0.15) is 0 Å². The fourth-order valence-electron chi connectivity index (χ4n) is 5.95. The Kier molecular flexibility index (Phi) is 9.46. The van der Waals surface area contributed by atoms with Gasteiger partial charge < -0.3 is 10.2 Å². The van der Waals surface area contributed by atoms with Gasteiger partial charge in [-0.15, -0.1) is 0 Å². The first-order valence-corrected chi connectivity index (χ1v) is 15.2. The second kappa shape index (κ2) is 12.6. The van der Waals surface area contributed by atoms with Crippen molar-refractivity contribution < 1.29 is 4.79 Å². The van der Waals surface area contributed by atoms with Crippen molar-refractivity contribution in [3.8, 4) is 0 Å². The van der Waals surface area contributed by atoms with Gasteiger partial charge in [0.05, 0.1) is 5.41 Å². The Morgan fingerprint density at radius 1 is 1.02 bits per heavy atom. The van der Waals surface area contributed by atoms with Crippen molar-refractivity contribution in [2.24, 2.45) is 0 Å². The molecule has 0 fully saturated rings. The van der Waals surface area contributed by atoms with E-state index < -0.39 is 5.41 Å². The van der Waals surface area contributed by atoms with E-state index in [1.54, 1.807) is 6.08 Å². The summed E-state index contributed by atoms with van der Waals surface area (Å²) in [5.74, 6) is 0.0779. The average molecular weight is 557 g/mol. The van der Waals surface area contributed by atoms with E-state index in [1.807, 2.05) is 32.1 Å². The molecule has 1 heterocycles. The van der Waals surface area contributed by atoms with E-state index in [9.17, 15) is 4.79 Å². The van der Waals surface area contributed by atoms with E-state index in [-0.39, 0.29) is 11.2 Å². The molecule has 4 heteroatoms. The zero-order valence-electron chi connectivity index (χ0n) is 25.1. The molecule has 212 valence electrons. The number of benzene rings is 2. The molecule has 1 N–H and O–H groups in total. The maximum Gasteiger partial charge on any atom is 0.165 e. The first-order chi connectivity index (χ1) is 19.1. The van der Waals surface area contributed by atoms with Crippen molar-refractivity contribution >= 4 is 28.8 Å². The Morgan fingerprint density at radius 3 is 2.50 bits per heavy atom. The number of allylic oxidation sites excluding steroid dienone is 8. The number of fused-ring (bicyclic) bond motifs is 1. The SMILES string of the molecule is CCCNc1ccccc1C(C)(C)C(=O)/C=C/C1=C(Cl)C(=C/C=C2/N(CCC)c3ccccc3C2(C)C)/CCC1. The van der Waals surface area contributed by atoms with Gasteiger partial charge in [0.15, 0.2) is 5.78 Å². The highest BCUT2D eigenvalue weighted by Crippen LogP contribution is 2.48. The van der Waals surface area contributed by atoms with Crippen molar-refractivity contribution in [3.05, 3.63) is 106 Å². The number of para-hydroxylation sites is 2. The summed E-state index contributed by atoms with van der Waals surface area (Å²) >= 11 is 6.99. The summed E-state index contributed by atoms with van der Waals surface area (Å²) in [6.07, 6.45) is 13.1. The fourth-order valence-corrected chi connectivity index (χ4v) is 6.27. The van der Waals surface area contributed by atoms with Crippen LogP contribution < -0.4 is 10.2 Å². The molecule has 3 nitrogen and oxygen atoms in total. The van der Waals surface area contributed by atoms with Crippen LogP contribution in [0.2, 0.25) is 0 Å². The second-order valence-corrected chi connectivity index (χ2v) is 12.4. The van der Waals surface area contributed by atoms with Crippen LogP contribution in [0, 0.1) is 0 Å². The van der Waals surface area contributed by atoms with E-state index in [1.165, 1.54) is 16.9 Å². The number of nitrogens with one attached hydrogen (secondary N) is 1. The highest BCUT2D eigenvalue weighted by molar-refractivity contribution is 6.32. The van der Waals surface area contributed by atoms with E-state index in [0.717, 1.165) is 72.6 Å². The van der Waals surface area contributed by atoms with Crippen LogP contribution in [0.15, 0.2) is 94.7 Å². The minimum atomic E-state index is -0.648. The fraction of sp³-hybridized carbons (Fsp3) is 0.417. The average Bonchev–Trinajstić information content (AvgIpc) is 3.16. The van der Waals surface area contributed by atoms with Gasteiger partial charge >= 0.3 is 0 Å². The molecule has 0 spiro atoms. The number of hydrogen-bond donors (Lipinski definition) is 1. The van der Waals surface area contributed by atoms with Gasteiger partial charge in [-0.1, -0.05) is 87.8 Å². The molecule has 2 aromatic carbocycles. The summed E-state index contributed by atoms with van der Waals surface area (Å²) in [6, 6.07) is 16.9. The van der Waals surface area contributed by atoms with Crippen molar-refractivity contribution in [2.75, 3.05) is 23.3 Å². The van der Waals surface area contributed by atoms with E-state index in [4.69, 9.17) is 11.6 Å². The van der Waals surface area contributed by atoms with E-state index in [2.05, 4.69) is 86.5 Å². The van der Waals surface area contributed by atoms with Crippen LogP contribution in [-0.4, -0.2) is 18.9 Å². The van der Waals surface area contributed by atoms with Crippen molar-refractivity contribution in [1.29, 1.82) is 0 Å². The normalized spacial score (nSPS) is 19.1. The smallest absolute Gasteiger partial charge is 0.165 e. The lowest BCUT2D eigenvalue weighted by molar-refractivity contribution is -0.118. The van der Waals surface area contributed by atoms with E-state index in [0.29, 0.717) is 0 Å². The van der Waals surface area contributed by atoms with Crippen LogP contribution in [0.4, 0.5) is 11.4 Å². The van der Waals surface area contributed by atoms with Crippen molar-refractivity contribution in [1.82, 2.24) is 0 Å². The van der Waals surface area contributed by atoms with Gasteiger partial charge in [-0.05, 0) is 92.5 Å². The van der Waals surface area contributed by atoms with Gasteiger partial charge in [0.2, 0.25) is 0 Å². The number of halogens is 1. The third kappa shape index (κ3) is 6.00. The molecule has 0 bridgehead atoms. The first-order valence-electron chi connectivity index (χ1n) is 14.9. The Bertz CT molecular complexity index is 1360. The van der Waals surface area contributed by atoms with Crippen LogP contribution in [0.3, 0.4) is 0 Å². The van der Waals surface area contributed by atoms with Crippen LogP contribution in [0.25, 0.3) is 0 Å². The van der Waals surface area contributed by atoms with Crippen LogP contribution in [0.5, 0.6) is 0 Å². The number of anilines is 2. The van der Waals surface area contributed by atoms with Crippen LogP contribution >= 0.6 is 11.6 Å². The zero-order chi connectivity index (χ0) is 28.9. The molecule has 40 heavy (non-hydrogen) atoms. The molecule has 0 atom stereocenters. The minimum absolute atomic E-state index is 0.0727. The van der Waals surface area contributed by atoms with Gasteiger partial charge in [0.25, 0.3) is 0 Å². The lowest BCUT2D eigenvalue weighted by Crippen LogP contribution is -2.28. The predicted molar refractivity (Wildman–Crippen MR) is 172 cm³/mol. The number of hydrogen-bond acceptors (Lipinski definition) is 3. The Balaban J connectivity index is 1.60. The Hall–Kier alpha value is -3.04. The monoisotopic (exact) mass is 556 g/mol. The number of carbonyl (C=O) groups excluding carboxylic acids is 1. The van der Waals surface area contributed by atoms with Crippen molar-refractivity contribution in [2.45, 2.75) is 84.5 Å². The number of ketones is 1. The summed E-state index contributed by atoms with van der Waals surface area (Å²) in [5.41, 5.74) is 7.49. The highest BCUT2D eigenvalue weighted by atomic mass is 35.5. The van der Waals surface area contributed by atoms with Gasteiger partial charge in [0, 0.05) is 40.6 Å². The van der Waals surface area contributed by atoms with E-state index >= 15 is 0 Å². The quantitative estimate of drug-likeness (QED) is 0.296. The number of carbonyl (C=O) groups is 1. The van der Waals surface area contributed by atoms with Crippen LogP contribution in [0.1, 0.15) is 84.8 Å². The predicted octanol–water partition coefficient (Wildman–Crippen LogP) is 9.61. The van der Waals surface area contributed by atoms with Crippen molar-refractivity contribution in [3.63, 3.8) is 0 Å². The molecule has 4 rings (SSSR count). The van der Waals surface area contributed by atoms with Gasteiger partial charge in [0.1, 0.15) is 0 Å². The molecule has 1 aliphatic heterocycles. The standard InChI is InChI=1S/C36H45ClN2O/c1-7-24-38-30-18-11-9-16-28(30)36(5,6)33(40)23-21-27-15-13-14-26(34(27)37)20-22-32-35(3,4)29-17-10-12-19-31(29)39(32)25-8-2/h9-12,16-23,38H,7-8,13-15,24-25H2,1-6H3/b23-21+,26-20+,32-22+. The third-order valence-corrected chi connectivity index (χ3v) is 8.85. The topological polar surface area (TPSA) is 32.3 Å². The number of rotatable bonds is 10. The third-order valence-electron chi connectivity index (χ3n) is 8.36. The zero-order valence-corrected chi connectivity index (χ0v) is 25.9. The Morgan fingerprint density at radius 2 is 1.75 bits per heavy atom. The molecular weight excluding hydrogens is 512 g/mol. The molecule has 2 aliphatic rings. The van der Waals surface area contributed by atoms with Crippen LogP contribution in [-0.2, 0) is 15.6 Å². The molecule has 0 radical (unpaired) electrons. The lowest BCUT2D eigenvalue weighted by atomic mass is 9.79. The molecule has 1 aliphatic carbocycles. The molecule has 0 unspecified atom stereocenters. The summed E-state index contributed by atoms with van der Waals surface area (Å²) in [6.45, 7) is 14.9. The minimum Gasteiger partial charge on any atom is -0.385 e. The lowest BCUT2D eigenvalue weighted by Gasteiger charge is -2.27.